The predicted molar refractivity (Wildman–Crippen MR) is 357 cm³/mol. The van der Waals surface area contributed by atoms with Gasteiger partial charge in [-0.05, 0) is 149 Å². The van der Waals surface area contributed by atoms with E-state index in [0.717, 1.165) is 52.5 Å². The van der Waals surface area contributed by atoms with Gasteiger partial charge in [0.2, 0.25) is 0 Å². The molecule has 80 heavy (non-hydrogen) atoms. The molecule has 3 N–H and O–H groups in total. The van der Waals surface area contributed by atoms with Crippen LogP contribution in [0.15, 0.2) is 133 Å². The number of rotatable bonds is 12. The Morgan fingerprint density at radius 1 is 0.362 bits per heavy atom. The highest BCUT2D eigenvalue weighted by molar-refractivity contribution is 5.41. The van der Waals surface area contributed by atoms with E-state index in [-0.39, 0.29) is 13.2 Å². The molecule has 0 radical (unpaired) electrons. The van der Waals surface area contributed by atoms with Crippen molar-refractivity contribution in [2.75, 3.05) is 21.3 Å². The van der Waals surface area contributed by atoms with Gasteiger partial charge in [0.25, 0.3) is 0 Å². The van der Waals surface area contributed by atoms with Gasteiger partial charge in [-0.2, -0.15) is 0 Å². The molecule has 5 nitrogen and oxygen atoms in total. The smallest absolute Gasteiger partial charge is 0.124 e. The van der Waals surface area contributed by atoms with E-state index in [9.17, 15) is 5.11 Å². The van der Waals surface area contributed by atoms with Crippen molar-refractivity contribution >= 4 is 0 Å². The Labute approximate surface area is 494 Å². The summed E-state index contributed by atoms with van der Waals surface area (Å²) in [4.78, 5) is 0. The monoisotopic (exact) mass is 1100 g/mol. The van der Waals surface area contributed by atoms with Gasteiger partial charge in [-0.1, -0.05) is 272 Å². The normalized spacial score (nSPS) is 10.3. The summed E-state index contributed by atoms with van der Waals surface area (Å²) in [6.07, 6.45) is 0. The zero-order valence-electron chi connectivity index (χ0n) is 56.2. The molecule has 0 aliphatic heterocycles. The standard InChI is InChI=1S/C11H17N.C11H16O2.C11H16O.C10H14O.2C10H14.3C4H10/c1-9(2)11-7-5-4-6-10(11)8-12-3;1-8(2)9-5-4-6-11(13-3)10(9)7-12;1-8(2)10-5-9(3)6-11(7-10)12-4;1-8(2)10-6-4-3-5-9(10)7-11;1-8(2)10-6-4-9(3)5-7-10;1-8(2)10-6-4-5-9(3)7-10;3*1-4(2)3/h4-7,9,12H,8H2,1-3H3;4-6,8,12H,7H2,1-3H3;5-8H,1-4H3;3-6,8,11H,7H2,1-2H3;2*4-8H,1-3H3;3*4H,1-3H3. The fourth-order valence-corrected chi connectivity index (χ4v) is 7.38. The van der Waals surface area contributed by atoms with Crippen LogP contribution in [0.2, 0.25) is 0 Å². The van der Waals surface area contributed by atoms with Crippen LogP contribution in [0.5, 0.6) is 11.5 Å². The summed E-state index contributed by atoms with van der Waals surface area (Å²) in [5.74, 6) is 7.64. The molecule has 0 aliphatic rings. The van der Waals surface area contributed by atoms with Crippen LogP contribution in [0.3, 0.4) is 0 Å². The Kier molecular flexibility index (Phi) is 45.8. The largest absolute Gasteiger partial charge is 0.497 e. The molecule has 0 aromatic heterocycles. The highest BCUT2D eigenvalue weighted by atomic mass is 16.5. The molecule has 0 heterocycles. The van der Waals surface area contributed by atoms with Crippen LogP contribution >= 0.6 is 0 Å². The van der Waals surface area contributed by atoms with Crippen LogP contribution in [-0.2, 0) is 19.8 Å². The minimum atomic E-state index is 0.0392. The highest BCUT2D eigenvalue weighted by Crippen LogP contribution is 2.28. The summed E-state index contributed by atoms with van der Waals surface area (Å²) in [6, 6.07) is 46.2. The van der Waals surface area contributed by atoms with Crippen LogP contribution < -0.4 is 14.8 Å². The van der Waals surface area contributed by atoms with E-state index >= 15 is 0 Å². The third kappa shape index (κ3) is 39.2. The van der Waals surface area contributed by atoms with Crippen molar-refractivity contribution in [2.45, 2.75) is 221 Å². The fraction of sp³-hybridized carbons (Fsp3) is 0.520. The molecule has 0 amide bonds. The molecule has 0 saturated heterocycles. The molecule has 6 rings (SSSR count). The minimum Gasteiger partial charge on any atom is -0.497 e. The molecule has 0 aliphatic carbocycles. The SMILES string of the molecule is CC(C)C.CC(C)C.CC(C)C.CC(C)c1ccccc1CO.CNCc1ccccc1C(C)C.COc1cc(C)cc(C(C)C)c1.COc1cccc(C(C)C)c1CO.Cc1ccc(C(C)C)cc1.Cc1cccc(C(C)C)c1. The molecule has 6 aromatic carbocycles. The number of methoxy groups -OCH3 is 2. The molecular weight excluding hydrogens is 979 g/mol. The molecule has 0 spiro atoms. The number of aliphatic hydroxyl groups excluding tert-OH is 2. The first kappa shape index (κ1) is 79.0. The maximum atomic E-state index is 9.20. The Balaban J connectivity index is -0.000000855. The second-order valence-electron chi connectivity index (χ2n) is 24.5. The lowest BCUT2D eigenvalue weighted by molar-refractivity contribution is 0.272. The lowest BCUT2D eigenvalue weighted by atomic mass is 9.97. The second-order valence-corrected chi connectivity index (χ2v) is 24.5. The maximum Gasteiger partial charge on any atom is 0.124 e. The van der Waals surface area contributed by atoms with Crippen molar-refractivity contribution in [3.8, 4) is 11.5 Å². The van der Waals surface area contributed by atoms with E-state index in [1.807, 2.05) is 49.5 Å². The lowest BCUT2D eigenvalue weighted by Gasteiger charge is -2.14. The van der Waals surface area contributed by atoms with Gasteiger partial charge in [0.15, 0.2) is 0 Å². The van der Waals surface area contributed by atoms with Gasteiger partial charge in [-0.3, -0.25) is 0 Å². The average Bonchev–Trinajstić information content (AvgIpc) is 3.38. The number of aryl methyl sites for hydroxylation is 3. The third-order valence-corrected chi connectivity index (χ3v) is 11.5. The molecule has 5 heteroatoms. The lowest BCUT2D eigenvalue weighted by Crippen LogP contribution is -2.08. The summed E-state index contributed by atoms with van der Waals surface area (Å²) in [5, 5.41) is 21.3. The summed E-state index contributed by atoms with van der Waals surface area (Å²) in [5.41, 5.74) is 15.4. The zero-order valence-corrected chi connectivity index (χ0v) is 56.2. The molecule has 0 unspecified atom stereocenters. The summed E-state index contributed by atoms with van der Waals surface area (Å²) in [6.45, 7) is 53.2. The minimum absolute atomic E-state index is 0.0392. The topological polar surface area (TPSA) is 71.0 Å². The Morgan fingerprint density at radius 3 is 1.14 bits per heavy atom. The Hall–Kier alpha value is -5.20. The number of ether oxygens (including phenoxy) is 2. The Morgan fingerprint density at radius 2 is 0.775 bits per heavy atom. The van der Waals surface area contributed by atoms with Crippen molar-refractivity contribution in [3.63, 3.8) is 0 Å². The van der Waals surface area contributed by atoms with Gasteiger partial charge in [0.1, 0.15) is 11.5 Å². The first-order valence-electron chi connectivity index (χ1n) is 29.9. The van der Waals surface area contributed by atoms with E-state index < -0.39 is 0 Å². The Bertz CT molecular complexity index is 2380. The quantitative estimate of drug-likeness (QED) is 0.114. The zero-order chi connectivity index (χ0) is 62.1. The summed E-state index contributed by atoms with van der Waals surface area (Å²) in [7, 11) is 5.31. The molecule has 0 bridgehead atoms. The van der Waals surface area contributed by atoms with Crippen LogP contribution in [-0.4, -0.2) is 31.5 Å². The van der Waals surface area contributed by atoms with E-state index in [0.29, 0.717) is 35.5 Å². The average molecular weight is 1100 g/mol. The van der Waals surface area contributed by atoms with Gasteiger partial charge in [0.05, 0.1) is 27.4 Å². The molecule has 6 aromatic rings. The number of nitrogens with one attached hydrogen (secondary N) is 1. The summed E-state index contributed by atoms with van der Waals surface area (Å²) >= 11 is 0. The maximum absolute atomic E-state index is 9.20. The first-order chi connectivity index (χ1) is 37.4. The molecule has 0 atom stereocenters. The van der Waals surface area contributed by atoms with E-state index in [4.69, 9.17) is 14.6 Å². The number of hydrogen-bond donors (Lipinski definition) is 3. The predicted octanol–water partition coefficient (Wildman–Crippen LogP) is 21.5. The van der Waals surface area contributed by atoms with Gasteiger partial charge in [-0.25, -0.2) is 0 Å². The molecular formula is C75H121NO4. The highest BCUT2D eigenvalue weighted by Gasteiger charge is 2.10. The fourth-order valence-electron chi connectivity index (χ4n) is 7.38. The number of benzene rings is 6. The number of hydrogen-bond acceptors (Lipinski definition) is 5. The van der Waals surface area contributed by atoms with Crippen molar-refractivity contribution in [1.29, 1.82) is 0 Å². The molecule has 450 valence electrons. The van der Waals surface area contributed by atoms with Crippen LogP contribution in [0.25, 0.3) is 0 Å². The number of aliphatic hydroxyl groups is 2. The van der Waals surface area contributed by atoms with E-state index in [1.54, 1.807) is 14.2 Å². The second kappa shape index (κ2) is 46.4. The van der Waals surface area contributed by atoms with Gasteiger partial charge in [-0.15, -0.1) is 0 Å². The van der Waals surface area contributed by atoms with Crippen molar-refractivity contribution in [3.05, 3.63) is 200 Å². The van der Waals surface area contributed by atoms with Gasteiger partial charge in [0, 0.05) is 12.1 Å². The van der Waals surface area contributed by atoms with Crippen LogP contribution in [0.1, 0.15) is 248 Å². The van der Waals surface area contributed by atoms with Crippen LogP contribution in [0, 0.1) is 38.5 Å². The molecule has 0 fully saturated rings. The van der Waals surface area contributed by atoms with E-state index in [1.165, 1.54) is 50.1 Å². The van der Waals surface area contributed by atoms with Crippen molar-refractivity contribution in [2.24, 2.45) is 17.8 Å². The molecule has 0 saturated carbocycles. The van der Waals surface area contributed by atoms with Crippen molar-refractivity contribution < 1.29 is 19.7 Å². The van der Waals surface area contributed by atoms with Gasteiger partial charge < -0.3 is 25.0 Å². The third-order valence-electron chi connectivity index (χ3n) is 11.5. The van der Waals surface area contributed by atoms with Gasteiger partial charge >= 0.3 is 0 Å². The first-order valence-corrected chi connectivity index (χ1v) is 29.9. The van der Waals surface area contributed by atoms with Crippen LogP contribution in [0.4, 0.5) is 0 Å². The van der Waals surface area contributed by atoms with Crippen molar-refractivity contribution in [1.82, 2.24) is 5.32 Å². The summed E-state index contributed by atoms with van der Waals surface area (Å²) < 4.78 is 10.4. The van der Waals surface area contributed by atoms with E-state index in [2.05, 4.69) is 262 Å².